The van der Waals surface area contributed by atoms with Gasteiger partial charge in [-0.1, -0.05) is 31.9 Å². The van der Waals surface area contributed by atoms with Gasteiger partial charge in [0.25, 0.3) is 0 Å². The van der Waals surface area contributed by atoms with Gasteiger partial charge < -0.3 is 5.73 Å². The lowest BCUT2D eigenvalue weighted by Crippen LogP contribution is -2.45. The zero-order chi connectivity index (χ0) is 10.9. The van der Waals surface area contributed by atoms with E-state index >= 15 is 0 Å². The van der Waals surface area contributed by atoms with E-state index in [9.17, 15) is 4.39 Å². The molecule has 1 aliphatic rings. The number of hydrogen-bond donors (Lipinski definition) is 1. The van der Waals surface area contributed by atoms with Crippen molar-refractivity contribution in [1.82, 2.24) is 0 Å². The third kappa shape index (κ3) is 1.91. The molecule has 2 unspecified atom stereocenters. The molecule has 2 heteroatoms. The summed E-state index contributed by atoms with van der Waals surface area (Å²) in [5, 5.41) is 0. The van der Waals surface area contributed by atoms with Crippen LogP contribution in [0.5, 0.6) is 0 Å². The van der Waals surface area contributed by atoms with E-state index in [4.69, 9.17) is 5.73 Å². The van der Waals surface area contributed by atoms with E-state index in [1.54, 1.807) is 12.1 Å². The van der Waals surface area contributed by atoms with Crippen molar-refractivity contribution in [3.8, 4) is 0 Å². The maximum atomic E-state index is 13.2. The molecule has 0 spiro atoms. The summed E-state index contributed by atoms with van der Waals surface area (Å²) in [6.07, 6.45) is 4.51. The summed E-state index contributed by atoms with van der Waals surface area (Å²) in [5.74, 6) is 0.253. The maximum absolute atomic E-state index is 13.2. The van der Waals surface area contributed by atoms with E-state index in [2.05, 4.69) is 6.92 Å². The summed E-state index contributed by atoms with van der Waals surface area (Å²) in [5.41, 5.74) is 7.06. The molecule has 0 radical (unpaired) electrons. The molecule has 1 saturated carbocycles. The van der Waals surface area contributed by atoms with Gasteiger partial charge in [-0.2, -0.15) is 0 Å². The molecular formula is C13H18FN. The summed E-state index contributed by atoms with van der Waals surface area (Å²) in [4.78, 5) is 0. The average Bonchev–Trinajstić information content (AvgIpc) is 2.23. The number of hydrogen-bond acceptors (Lipinski definition) is 1. The Bertz CT molecular complexity index is 350. The second-order valence-corrected chi connectivity index (χ2v) is 4.70. The summed E-state index contributed by atoms with van der Waals surface area (Å²) in [7, 11) is 0. The fourth-order valence-electron chi connectivity index (χ4n) is 2.58. The van der Waals surface area contributed by atoms with Crippen molar-refractivity contribution in [1.29, 1.82) is 0 Å². The highest BCUT2D eigenvalue weighted by atomic mass is 19.1. The number of nitrogens with two attached hydrogens (primary N) is 1. The maximum Gasteiger partial charge on any atom is 0.123 e. The van der Waals surface area contributed by atoms with Crippen LogP contribution in [0, 0.1) is 11.7 Å². The van der Waals surface area contributed by atoms with E-state index in [0.29, 0.717) is 5.92 Å². The van der Waals surface area contributed by atoms with Crippen molar-refractivity contribution in [3.63, 3.8) is 0 Å². The minimum Gasteiger partial charge on any atom is -0.321 e. The Kier molecular flexibility index (Phi) is 2.79. The molecule has 1 nitrogen and oxygen atoms in total. The standard InChI is InChI=1S/C13H18FN/c1-10-5-2-3-8-13(10,15)11-6-4-7-12(14)9-11/h4,6-7,9-10H,2-3,5,8,15H2,1H3. The van der Waals surface area contributed by atoms with E-state index in [1.165, 1.54) is 12.5 Å². The summed E-state index contributed by atoms with van der Waals surface area (Å²) >= 11 is 0. The van der Waals surface area contributed by atoms with Gasteiger partial charge in [0.1, 0.15) is 5.82 Å². The SMILES string of the molecule is CC1CCCCC1(N)c1cccc(F)c1. The number of benzene rings is 1. The van der Waals surface area contributed by atoms with Gasteiger partial charge in [0.05, 0.1) is 0 Å². The van der Waals surface area contributed by atoms with Crippen LogP contribution < -0.4 is 5.73 Å². The van der Waals surface area contributed by atoms with Crippen LogP contribution in [-0.4, -0.2) is 0 Å². The Morgan fingerprint density at radius 3 is 2.87 bits per heavy atom. The van der Waals surface area contributed by atoms with E-state index in [-0.39, 0.29) is 11.4 Å². The van der Waals surface area contributed by atoms with Gasteiger partial charge in [-0.05, 0) is 36.5 Å². The van der Waals surface area contributed by atoms with Crippen LogP contribution in [0.25, 0.3) is 0 Å². The lowest BCUT2D eigenvalue weighted by Gasteiger charge is -2.40. The molecule has 1 aromatic carbocycles. The third-order valence-electron chi connectivity index (χ3n) is 3.72. The molecule has 2 rings (SSSR count). The molecule has 0 aromatic heterocycles. The molecule has 1 aromatic rings. The zero-order valence-corrected chi connectivity index (χ0v) is 9.17. The Labute approximate surface area is 90.5 Å². The van der Waals surface area contributed by atoms with E-state index in [0.717, 1.165) is 24.8 Å². The topological polar surface area (TPSA) is 26.0 Å². The average molecular weight is 207 g/mol. The number of halogens is 1. The van der Waals surface area contributed by atoms with Gasteiger partial charge in [0.2, 0.25) is 0 Å². The van der Waals surface area contributed by atoms with Crippen molar-refractivity contribution in [2.75, 3.05) is 0 Å². The fourth-order valence-corrected chi connectivity index (χ4v) is 2.58. The molecule has 1 fully saturated rings. The van der Waals surface area contributed by atoms with Gasteiger partial charge in [-0.15, -0.1) is 0 Å². The first-order valence-corrected chi connectivity index (χ1v) is 5.68. The highest BCUT2D eigenvalue weighted by Gasteiger charge is 2.35. The van der Waals surface area contributed by atoms with Crippen molar-refractivity contribution in [2.24, 2.45) is 11.7 Å². The van der Waals surface area contributed by atoms with Gasteiger partial charge in [-0.25, -0.2) is 4.39 Å². The van der Waals surface area contributed by atoms with Crippen LogP contribution in [0.4, 0.5) is 4.39 Å². The Morgan fingerprint density at radius 2 is 2.20 bits per heavy atom. The van der Waals surface area contributed by atoms with Crippen LogP contribution in [0.15, 0.2) is 24.3 Å². The molecule has 0 aliphatic heterocycles. The largest absolute Gasteiger partial charge is 0.321 e. The van der Waals surface area contributed by atoms with E-state index in [1.807, 2.05) is 6.07 Å². The molecule has 0 bridgehead atoms. The van der Waals surface area contributed by atoms with Crippen LogP contribution in [-0.2, 0) is 5.54 Å². The first-order valence-electron chi connectivity index (χ1n) is 5.68. The van der Waals surface area contributed by atoms with Crippen LogP contribution in [0.3, 0.4) is 0 Å². The summed E-state index contributed by atoms with van der Waals surface area (Å²) < 4.78 is 13.2. The highest BCUT2D eigenvalue weighted by Crippen LogP contribution is 2.39. The number of rotatable bonds is 1. The second kappa shape index (κ2) is 3.93. The normalized spacial score (nSPS) is 31.5. The molecule has 15 heavy (non-hydrogen) atoms. The molecule has 2 atom stereocenters. The van der Waals surface area contributed by atoms with Crippen LogP contribution >= 0.6 is 0 Å². The Morgan fingerprint density at radius 1 is 1.40 bits per heavy atom. The molecule has 1 aliphatic carbocycles. The second-order valence-electron chi connectivity index (χ2n) is 4.70. The smallest absolute Gasteiger partial charge is 0.123 e. The minimum atomic E-state index is -0.319. The third-order valence-corrected chi connectivity index (χ3v) is 3.72. The quantitative estimate of drug-likeness (QED) is 0.752. The van der Waals surface area contributed by atoms with Crippen LogP contribution in [0.1, 0.15) is 38.2 Å². The first-order chi connectivity index (χ1) is 7.13. The predicted molar refractivity (Wildman–Crippen MR) is 59.9 cm³/mol. The summed E-state index contributed by atoms with van der Waals surface area (Å²) in [6, 6.07) is 6.76. The monoisotopic (exact) mass is 207 g/mol. The molecule has 2 N–H and O–H groups in total. The van der Waals surface area contributed by atoms with Crippen LogP contribution in [0.2, 0.25) is 0 Å². The van der Waals surface area contributed by atoms with Gasteiger partial charge in [-0.3, -0.25) is 0 Å². The first kappa shape index (κ1) is 10.6. The molecule has 0 amide bonds. The molecule has 0 heterocycles. The van der Waals surface area contributed by atoms with Crippen molar-refractivity contribution < 1.29 is 4.39 Å². The van der Waals surface area contributed by atoms with E-state index < -0.39 is 0 Å². The van der Waals surface area contributed by atoms with Gasteiger partial charge in [0, 0.05) is 5.54 Å². The highest BCUT2D eigenvalue weighted by molar-refractivity contribution is 5.26. The summed E-state index contributed by atoms with van der Waals surface area (Å²) in [6.45, 7) is 2.17. The van der Waals surface area contributed by atoms with Crippen molar-refractivity contribution in [3.05, 3.63) is 35.6 Å². The van der Waals surface area contributed by atoms with Gasteiger partial charge >= 0.3 is 0 Å². The molecular weight excluding hydrogens is 189 g/mol. The van der Waals surface area contributed by atoms with Crippen molar-refractivity contribution >= 4 is 0 Å². The minimum absolute atomic E-state index is 0.185. The Balaban J connectivity index is 2.34. The molecule has 82 valence electrons. The zero-order valence-electron chi connectivity index (χ0n) is 9.17. The Hall–Kier alpha value is -0.890. The molecule has 0 saturated heterocycles. The van der Waals surface area contributed by atoms with Crippen molar-refractivity contribution in [2.45, 2.75) is 38.1 Å². The predicted octanol–water partition coefficient (Wildman–Crippen LogP) is 3.19. The lowest BCUT2D eigenvalue weighted by molar-refractivity contribution is 0.206. The van der Waals surface area contributed by atoms with Gasteiger partial charge in [0.15, 0.2) is 0 Å². The fraction of sp³-hybridized carbons (Fsp3) is 0.538. The lowest BCUT2D eigenvalue weighted by atomic mass is 9.70.